The molecule has 9 heteroatoms. The summed E-state index contributed by atoms with van der Waals surface area (Å²) >= 11 is 12.0. The quantitative estimate of drug-likeness (QED) is 0.422. The van der Waals surface area contributed by atoms with E-state index in [1.165, 1.54) is 22.7 Å². The van der Waals surface area contributed by atoms with E-state index >= 15 is 0 Å². The van der Waals surface area contributed by atoms with Gasteiger partial charge in [0.25, 0.3) is 5.91 Å². The fraction of sp³-hybridized carbons (Fsp3) is 0.118. The lowest BCUT2D eigenvalue weighted by Crippen LogP contribution is -2.31. The van der Waals surface area contributed by atoms with Crippen molar-refractivity contribution >= 4 is 78.0 Å². The summed E-state index contributed by atoms with van der Waals surface area (Å²) in [7, 11) is 0. The van der Waals surface area contributed by atoms with E-state index < -0.39 is 11.9 Å². The molecule has 26 heavy (non-hydrogen) atoms. The van der Waals surface area contributed by atoms with Gasteiger partial charge in [-0.25, -0.2) is 0 Å². The van der Waals surface area contributed by atoms with Crippen LogP contribution in [0, 0.1) is 0 Å². The topological polar surface area (TPSA) is 72.5 Å². The van der Waals surface area contributed by atoms with E-state index in [1.807, 2.05) is 24.3 Å². The Labute approximate surface area is 170 Å². The molecule has 3 aromatic rings. The molecule has 0 radical (unpaired) electrons. The molecule has 0 bridgehead atoms. The second kappa shape index (κ2) is 8.30. The number of hydrogen-bond acceptors (Lipinski definition) is 6. The normalized spacial score (nSPS) is 10.7. The third-order valence-corrected chi connectivity index (χ3v) is 6.69. The molecule has 2 heterocycles. The van der Waals surface area contributed by atoms with E-state index in [4.69, 9.17) is 16.3 Å². The maximum atomic E-state index is 12.2. The van der Waals surface area contributed by atoms with Crippen molar-refractivity contribution in [3.63, 3.8) is 0 Å². The van der Waals surface area contributed by atoms with Crippen molar-refractivity contribution in [2.45, 2.75) is 0 Å². The van der Waals surface area contributed by atoms with Gasteiger partial charge in [-0.05, 0) is 34.1 Å². The first-order valence-corrected chi connectivity index (χ1v) is 10.2. The lowest BCUT2D eigenvalue weighted by molar-refractivity contribution is -0.141. The van der Waals surface area contributed by atoms with Crippen LogP contribution in [0.1, 0.15) is 19.3 Å². The molecule has 0 aliphatic heterocycles. The van der Waals surface area contributed by atoms with Gasteiger partial charge in [-0.1, -0.05) is 29.8 Å². The van der Waals surface area contributed by atoms with Crippen molar-refractivity contribution in [3.8, 4) is 0 Å². The van der Waals surface area contributed by atoms with Crippen LogP contribution < -0.4 is 5.32 Å². The molecule has 5 nitrogen and oxygen atoms in total. The Morgan fingerprint density at radius 3 is 2.58 bits per heavy atom. The zero-order valence-corrected chi connectivity index (χ0v) is 17.1. The van der Waals surface area contributed by atoms with E-state index in [-0.39, 0.29) is 18.9 Å². The van der Waals surface area contributed by atoms with E-state index in [0.717, 1.165) is 13.9 Å². The Kier molecular flexibility index (Phi) is 6.08. The lowest BCUT2D eigenvalue weighted by Gasteiger charge is -2.05. The number of carbonyl (C=O) groups excluding carboxylic acids is 3. The number of esters is 1. The summed E-state index contributed by atoms with van der Waals surface area (Å²) in [6, 6.07) is 10.8. The van der Waals surface area contributed by atoms with Gasteiger partial charge in [0.2, 0.25) is 5.78 Å². The van der Waals surface area contributed by atoms with Gasteiger partial charge in [-0.3, -0.25) is 14.4 Å². The average Bonchev–Trinajstić information content (AvgIpc) is 3.22. The molecule has 0 spiro atoms. The minimum atomic E-state index is -0.695. The first-order chi connectivity index (χ1) is 12.5. The fourth-order valence-electron chi connectivity index (χ4n) is 2.13. The van der Waals surface area contributed by atoms with Gasteiger partial charge < -0.3 is 10.1 Å². The van der Waals surface area contributed by atoms with Crippen molar-refractivity contribution in [2.75, 3.05) is 13.2 Å². The van der Waals surface area contributed by atoms with Crippen LogP contribution in [0.3, 0.4) is 0 Å². The number of Topliss-reactive ketones (excluding diaryl/α,β-unsaturated/α-hetero) is 1. The minimum Gasteiger partial charge on any atom is -0.456 e. The highest BCUT2D eigenvalue weighted by molar-refractivity contribution is 9.11. The van der Waals surface area contributed by atoms with Crippen molar-refractivity contribution in [1.82, 2.24) is 5.32 Å². The Balaban J connectivity index is 1.53. The van der Waals surface area contributed by atoms with Crippen LogP contribution in [0.15, 0.2) is 40.2 Å². The van der Waals surface area contributed by atoms with Gasteiger partial charge in [0, 0.05) is 10.1 Å². The molecule has 1 amide bonds. The van der Waals surface area contributed by atoms with Crippen LogP contribution >= 0.6 is 50.2 Å². The molecule has 1 N–H and O–H groups in total. The molecule has 0 fully saturated rings. The summed E-state index contributed by atoms with van der Waals surface area (Å²) in [5.74, 6) is -1.45. The molecular weight excluding hydrogens is 462 g/mol. The van der Waals surface area contributed by atoms with E-state index in [2.05, 4.69) is 21.2 Å². The monoisotopic (exact) mass is 471 g/mol. The predicted octanol–water partition coefficient (Wildman–Crippen LogP) is 4.53. The average molecular weight is 473 g/mol. The summed E-state index contributed by atoms with van der Waals surface area (Å²) in [5.41, 5.74) is 0. The standard InChI is InChI=1S/C17H11BrClNO4S2/c18-13-6-5-12(25-13)10(21)8-24-14(22)7-20-17(23)16-15(19)9-3-1-2-4-11(9)26-16/h1-6H,7-8H2,(H,20,23). The first-order valence-electron chi connectivity index (χ1n) is 7.35. The number of amides is 1. The van der Waals surface area contributed by atoms with Crippen molar-refractivity contribution in [2.24, 2.45) is 0 Å². The Morgan fingerprint density at radius 1 is 1.12 bits per heavy atom. The lowest BCUT2D eigenvalue weighted by atomic mass is 10.2. The predicted molar refractivity (Wildman–Crippen MR) is 106 cm³/mol. The van der Waals surface area contributed by atoms with Gasteiger partial charge in [0.05, 0.1) is 13.7 Å². The summed E-state index contributed by atoms with van der Waals surface area (Å²) in [5, 5.41) is 3.61. The Hall–Kier alpha value is -1.74. The van der Waals surface area contributed by atoms with Crippen LogP contribution in [0.2, 0.25) is 5.02 Å². The number of rotatable bonds is 6. The summed E-state index contributed by atoms with van der Waals surface area (Å²) in [4.78, 5) is 36.7. The molecule has 0 unspecified atom stereocenters. The third kappa shape index (κ3) is 4.32. The van der Waals surface area contributed by atoms with Gasteiger partial charge in [0.1, 0.15) is 11.4 Å². The number of halogens is 2. The second-order valence-electron chi connectivity index (χ2n) is 5.11. The molecular formula is C17H11BrClNO4S2. The maximum Gasteiger partial charge on any atom is 0.325 e. The molecule has 2 aromatic heterocycles. The number of carbonyl (C=O) groups is 3. The van der Waals surface area contributed by atoms with Gasteiger partial charge >= 0.3 is 5.97 Å². The molecule has 134 valence electrons. The molecule has 0 aliphatic rings. The Bertz CT molecular complexity index is 998. The number of thiophene rings is 2. The van der Waals surface area contributed by atoms with Crippen LogP contribution in [-0.4, -0.2) is 30.8 Å². The molecule has 0 aliphatic carbocycles. The van der Waals surface area contributed by atoms with Gasteiger partial charge in [-0.15, -0.1) is 22.7 Å². The molecule has 0 atom stereocenters. The van der Waals surface area contributed by atoms with E-state index in [1.54, 1.807) is 12.1 Å². The Morgan fingerprint density at radius 2 is 1.88 bits per heavy atom. The number of nitrogens with one attached hydrogen (secondary N) is 1. The molecule has 3 rings (SSSR count). The maximum absolute atomic E-state index is 12.2. The second-order valence-corrected chi connectivity index (χ2v) is 9.00. The highest BCUT2D eigenvalue weighted by atomic mass is 79.9. The van der Waals surface area contributed by atoms with E-state index in [0.29, 0.717) is 14.8 Å². The smallest absolute Gasteiger partial charge is 0.325 e. The van der Waals surface area contributed by atoms with Crippen molar-refractivity contribution in [1.29, 1.82) is 0 Å². The van der Waals surface area contributed by atoms with Crippen LogP contribution in [0.5, 0.6) is 0 Å². The third-order valence-electron chi connectivity index (χ3n) is 3.35. The van der Waals surface area contributed by atoms with Gasteiger partial charge in [-0.2, -0.15) is 0 Å². The summed E-state index contributed by atoms with van der Waals surface area (Å²) < 4.78 is 6.61. The summed E-state index contributed by atoms with van der Waals surface area (Å²) in [6.45, 7) is -0.712. The van der Waals surface area contributed by atoms with E-state index in [9.17, 15) is 14.4 Å². The van der Waals surface area contributed by atoms with Crippen molar-refractivity contribution < 1.29 is 19.1 Å². The van der Waals surface area contributed by atoms with Crippen LogP contribution in [-0.2, 0) is 9.53 Å². The van der Waals surface area contributed by atoms with Crippen molar-refractivity contribution in [3.05, 3.63) is 55.0 Å². The SMILES string of the molecule is O=C(CNC(=O)c1sc2ccccc2c1Cl)OCC(=O)c1ccc(Br)s1. The summed E-state index contributed by atoms with van der Waals surface area (Å²) in [6.07, 6.45) is 0. The van der Waals surface area contributed by atoms with Gasteiger partial charge in [0.15, 0.2) is 6.61 Å². The zero-order chi connectivity index (χ0) is 18.7. The van der Waals surface area contributed by atoms with Crippen LogP contribution in [0.25, 0.3) is 10.1 Å². The zero-order valence-electron chi connectivity index (χ0n) is 13.1. The molecule has 0 saturated carbocycles. The number of benzene rings is 1. The minimum absolute atomic E-state index is 0.298. The largest absolute Gasteiger partial charge is 0.456 e. The fourth-order valence-corrected chi connectivity index (χ4v) is 4.87. The molecule has 0 saturated heterocycles. The highest BCUT2D eigenvalue weighted by Gasteiger charge is 2.18. The highest BCUT2D eigenvalue weighted by Crippen LogP contribution is 2.34. The number of fused-ring (bicyclic) bond motifs is 1. The van der Waals surface area contributed by atoms with Crippen LogP contribution in [0.4, 0.5) is 0 Å². The number of hydrogen-bond donors (Lipinski definition) is 1. The number of ether oxygens (including phenoxy) is 1. The number of ketones is 1. The molecule has 1 aromatic carbocycles. The first kappa shape index (κ1) is 19.0.